The number of benzene rings is 3. The molecule has 0 saturated carbocycles. The Bertz CT molecular complexity index is 1490. The number of anilines is 1. The van der Waals surface area contributed by atoms with E-state index >= 15 is 0 Å². The third-order valence-electron chi connectivity index (χ3n) is 5.53. The van der Waals surface area contributed by atoms with Crippen LogP contribution in [-0.4, -0.2) is 25.7 Å². The first-order valence-electron chi connectivity index (χ1n) is 11.2. The second-order valence-electron chi connectivity index (χ2n) is 7.96. The Morgan fingerprint density at radius 2 is 1.62 bits per heavy atom. The summed E-state index contributed by atoms with van der Waals surface area (Å²) in [5, 5.41) is 8.28. The summed E-state index contributed by atoms with van der Waals surface area (Å²) in [6.45, 7) is 0. The summed E-state index contributed by atoms with van der Waals surface area (Å²) in [6, 6.07) is 28.6. The molecule has 0 aliphatic heterocycles. The molecule has 3 aromatic carbocycles. The molecule has 0 saturated heterocycles. The van der Waals surface area contributed by atoms with Gasteiger partial charge in [-0.25, -0.2) is 9.67 Å². The Morgan fingerprint density at radius 3 is 2.41 bits per heavy atom. The molecule has 0 fully saturated rings. The lowest BCUT2D eigenvalue weighted by molar-refractivity contribution is -0.116. The van der Waals surface area contributed by atoms with E-state index in [4.69, 9.17) is 5.10 Å². The molecule has 0 unspecified atom stereocenters. The molecule has 2 aromatic heterocycles. The van der Waals surface area contributed by atoms with Crippen LogP contribution >= 0.6 is 0 Å². The second kappa shape index (κ2) is 9.54. The third kappa shape index (κ3) is 4.63. The van der Waals surface area contributed by atoms with Gasteiger partial charge in [0.25, 0.3) is 5.56 Å². The van der Waals surface area contributed by atoms with Gasteiger partial charge in [-0.2, -0.15) is 5.10 Å². The number of H-pyrrole nitrogens is 1. The van der Waals surface area contributed by atoms with Crippen molar-refractivity contribution < 1.29 is 4.79 Å². The minimum absolute atomic E-state index is 0.125. The number of hydrogen-bond acceptors (Lipinski definition) is 4. The maximum absolute atomic E-state index is 12.8. The molecule has 0 atom stereocenters. The molecule has 2 heterocycles. The summed E-state index contributed by atoms with van der Waals surface area (Å²) in [4.78, 5) is 32.3. The molecule has 5 aromatic rings. The van der Waals surface area contributed by atoms with Crippen molar-refractivity contribution >= 4 is 22.6 Å². The van der Waals surface area contributed by atoms with Gasteiger partial charge in [0.1, 0.15) is 11.6 Å². The van der Waals surface area contributed by atoms with E-state index in [0.29, 0.717) is 35.4 Å². The Hall–Kier alpha value is -4.52. The van der Waals surface area contributed by atoms with Crippen molar-refractivity contribution in [2.24, 2.45) is 0 Å². The number of hydrogen-bond donors (Lipinski definition) is 2. The number of aromatic amines is 1. The van der Waals surface area contributed by atoms with Gasteiger partial charge in [-0.15, -0.1) is 0 Å². The lowest BCUT2D eigenvalue weighted by Gasteiger charge is -2.09. The normalized spacial score (nSPS) is 10.9. The molecule has 168 valence electrons. The molecular formula is C27H23N5O2. The van der Waals surface area contributed by atoms with Crippen LogP contribution in [0.2, 0.25) is 0 Å². The molecule has 0 bridgehead atoms. The van der Waals surface area contributed by atoms with E-state index in [1.165, 1.54) is 0 Å². The molecule has 34 heavy (non-hydrogen) atoms. The van der Waals surface area contributed by atoms with Gasteiger partial charge in [0, 0.05) is 24.5 Å². The van der Waals surface area contributed by atoms with E-state index in [-0.39, 0.29) is 17.9 Å². The first-order valence-corrected chi connectivity index (χ1v) is 11.2. The Morgan fingerprint density at radius 1 is 0.912 bits per heavy atom. The lowest BCUT2D eigenvalue weighted by atomic mass is 10.1. The minimum Gasteiger partial charge on any atom is -0.311 e. The van der Waals surface area contributed by atoms with Crippen molar-refractivity contribution in [3.8, 4) is 16.9 Å². The van der Waals surface area contributed by atoms with E-state index in [1.807, 2.05) is 84.9 Å². The summed E-state index contributed by atoms with van der Waals surface area (Å²) in [5.41, 5.74) is 3.10. The van der Waals surface area contributed by atoms with Crippen molar-refractivity contribution in [3.63, 3.8) is 0 Å². The molecular weight excluding hydrogens is 426 g/mol. The van der Waals surface area contributed by atoms with Crippen LogP contribution in [0.15, 0.2) is 95.8 Å². The summed E-state index contributed by atoms with van der Waals surface area (Å²) >= 11 is 0. The van der Waals surface area contributed by atoms with Crippen LogP contribution in [0.1, 0.15) is 18.7 Å². The molecule has 1 amide bonds. The summed E-state index contributed by atoms with van der Waals surface area (Å²) in [6.07, 6.45) is 1.34. The lowest BCUT2D eigenvalue weighted by Crippen LogP contribution is -2.16. The first kappa shape index (κ1) is 21.3. The average Bonchev–Trinajstić information content (AvgIpc) is 3.29. The van der Waals surface area contributed by atoms with Crippen molar-refractivity contribution in [1.29, 1.82) is 0 Å². The highest BCUT2D eigenvalue weighted by atomic mass is 16.1. The van der Waals surface area contributed by atoms with Crippen LogP contribution in [0.25, 0.3) is 27.8 Å². The zero-order chi connectivity index (χ0) is 23.3. The van der Waals surface area contributed by atoms with Gasteiger partial charge in [-0.3, -0.25) is 9.59 Å². The fourth-order valence-corrected chi connectivity index (χ4v) is 3.86. The van der Waals surface area contributed by atoms with Gasteiger partial charge < -0.3 is 10.3 Å². The molecule has 2 N–H and O–H groups in total. The number of amides is 1. The monoisotopic (exact) mass is 449 g/mol. The van der Waals surface area contributed by atoms with Crippen LogP contribution in [-0.2, 0) is 11.2 Å². The van der Waals surface area contributed by atoms with Crippen LogP contribution in [0.5, 0.6) is 0 Å². The Balaban J connectivity index is 1.30. The fraction of sp³-hybridized carbons (Fsp3) is 0.111. The van der Waals surface area contributed by atoms with Gasteiger partial charge in [-0.05, 0) is 30.7 Å². The molecule has 0 aliphatic rings. The zero-order valence-corrected chi connectivity index (χ0v) is 18.4. The smallest absolute Gasteiger partial charge is 0.258 e. The fourth-order valence-electron chi connectivity index (χ4n) is 3.86. The van der Waals surface area contributed by atoms with Crippen molar-refractivity contribution in [3.05, 3.63) is 107 Å². The van der Waals surface area contributed by atoms with Crippen LogP contribution in [0.4, 0.5) is 5.82 Å². The van der Waals surface area contributed by atoms with Gasteiger partial charge in [0.2, 0.25) is 5.91 Å². The number of aryl methyl sites for hydroxylation is 1. The quantitative estimate of drug-likeness (QED) is 0.375. The topological polar surface area (TPSA) is 92.7 Å². The van der Waals surface area contributed by atoms with E-state index in [2.05, 4.69) is 15.3 Å². The summed E-state index contributed by atoms with van der Waals surface area (Å²) in [5.74, 6) is 1.06. The van der Waals surface area contributed by atoms with Gasteiger partial charge in [0.15, 0.2) is 0 Å². The van der Waals surface area contributed by atoms with E-state index in [0.717, 1.165) is 16.9 Å². The third-order valence-corrected chi connectivity index (χ3v) is 5.53. The van der Waals surface area contributed by atoms with Gasteiger partial charge in [0.05, 0.1) is 22.3 Å². The standard InChI is InChI=1S/C27H23N5O2/c33-26(17-9-16-24-28-22-15-8-7-14-21(22)27(34)29-24)30-25-18-23(19-10-3-1-4-11-19)31-32(25)20-12-5-2-6-13-20/h1-8,10-15,18H,9,16-17H2,(H,30,33)(H,28,29,34). The highest BCUT2D eigenvalue weighted by Gasteiger charge is 2.14. The van der Waals surface area contributed by atoms with Crippen LogP contribution < -0.4 is 10.9 Å². The number of nitrogens with zero attached hydrogens (tertiary/aromatic N) is 3. The van der Waals surface area contributed by atoms with E-state index in [9.17, 15) is 9.59 Å². The van der Waals surface area contributed by atoms with Crippen LogP contribution in [0, 0.1) is 0 Å². The highest BCUT2D eigenvalue weighted by Crippen LogP contribution is 2.25. The maximum Gasteiger partial charge on any atom is 0.258 e. The van der Waals surface area contributed by atoms with Crippen molar-refractivity contribution in [2.45, 2.75) is 19.3 Å². The Labute approximate surface area is 196 Å². The van der Waals surface area contributed by atoms with Crippen molar-refractivity contribution in [2.75, 3.05) is 5.32 Å². The molecule has 5 rings (SSSR count). The largest absolute Gasteiger partial charge is 0.311 e. The molecule has 7 heteroatoms. The number of nitrogens with one attached hydrogen (secondary N) is 2. The SMILES string of the molecule is O=C(CCCc1nc2ccccc2c(=O)[nH]1)Nc1cc(-c2ccccc2)nn1-c1ccccc1. The number of rotatable bonds is 7. The predicted octanol–water partition coefficient (Wildman–Crippen LogP) is 4.74. The van der Waals surface area contributed by atoms with Gasteiger partial charge >= 0.3 is 0 Å². The number of carbonyl (C=O) groups is 1. The molecule has 0 aliphatic carbocycles. The summed E-state index contributed by atoms with van der Waals surface area (Å²) in [7, 11) is 0. The van der Waals surface area contributed by atoms with Crippen LogP contribution in [0.3, 0.4) is 0 Å². The van der Waals surface area contributed by atoms with E-state index in [1.54, 1.807) is 10.7 Å². The number of aromatic nitrogens is 4. The molecule has 7 nitrogen and oxygen atoms in total. The predicted molar refractivity (Wildman–Crippen MR) is 133 cm³/mol. The maximum atomic E-state index is 12.8. The molecule has 0 radical (unpaired) electrons. The van der Waals surface area contributed by atoms with Gasteiger partial charge in [-0.1, -0.05) is 60.7 Å². The Kier molecular flexibility index (Phi) is 5.99. The zero-order valence-electron chi connectivity index (χ0n) is 18.4. The number of para-hydroxylation sites is 2. The second-order valence-corrected chi connectivity index (χ2v) is 7.96. The molecule has 0 spiro atoms. The first-order chi connectivity index (χ1) is 16.7. The van der Waals surface area contributed by atoms with Crippen molar-refractivity contribution in [1.82, 2.24) is 19.7 Å². The number of fused-ring (bicyclic) bond motifs is 1. The minimum atomic E-state index is -0.162. The summed E-state index contributed by atoms with van der Waals surface area (Å²) < 4.78 is 1.74. The highest BCUT2D eigenvalue weighted by molar-refractivity contribution is 5.90. The average molecular weight is 450 g/mol. The van der Waals surface area contributed by atoms with E-state index < -0.39 is 0 Å². The number of carbonyl (C=O) groups excluding carboxylic acids is 1.